The number of rotatable bonds is 5. The molecule has 2 aromatic carbocycles. The number of ether oxygens (including phenoxy) is 1. The third-order valence-corrected chi connectivity index (χ3v) is 7.54. The number of sulfonamides is 1. The van der Waals surface area contributed by atoms with Crippen molar-refractivity contribution in [3.8, 4) is 0 Å². The summed E-state index contributed by atoms with van der Waals surface area (Å²) in [7, 11) is 0.421. The first kappa shape index (κ1) is 21.5. The Morgan fingerprint density at radius 3 is 2.42 bits per heavy atom. The fourth-order valence-electron chi connectivity index (χ4n) is 3.84. The van der Waals surface area contributed by atoms with Crippen molar-refractivity contribution < 1.29 is 17.9 Å². The van der Waals surface area contributed by atoms with Gasteiger partial charge < -0.3 is 14.5 Å². The summed E-state index contributed by atoms with van der Waals surface area (Å²) in [4.78, 5) is 16.8. The molecule has 0 aliphatic carbocycles. The predicted molar refractivity (Wildman–Crippen MR) is 122 cm³/mol. The summed E-state index contributed by atoms with van der Waals surface area (Å²) in [6, 6.07) is 13.0. The number of amides is 1. The summed E-state index contributed by atoms with van der Waals surface area (Å²) in [6.45, 7) is 2.10. The van der Waals surface area contributed by atoms with Crippen molar-refractivity contribution in [1.82, 2.24) is 4.31 Å². The number of benzene rings is 2. The summed E-state index contributed by atoms with van der Waals surface area (Å²) in [5, 5.41) is 0. The van der Waals surface area contributed by atoms with E-state index in [0.717, 1.165) is 22.5 Å². The number of nitrogens with zero attached hydrogens (tertiary/aromatic N) is 3. The largest absolute Gasteiger partial charge is 0.379 e. The molecule has 31 heavy (non-hydrogen) atoms. The Labute approximate surface area is 183 Å². The Morgan fingerprint density at radius 1 is 1.03 bits per heavy atom. The van der Waals surface area contributed by atoms with Gasteiger partial charge in [-0.15, -0.1) is 0 Å². The second kappa shape index (κ2) is 8.82. The number of morpholine rings is 1. The maximum absolute atomic E-state index is 12.9. The molecule has 2 heterocycles. The van der Waals surface area contributed by atoms with E-state index in [4.69, 9.17) is 4.74 Å². The van der Waals surface area contributed by atoms with Crippen molar-refractivity contribution in [3.63, 3.8) is 0 Å². The molecule has 0 N–H and O–H groups in total. The van der Waals surface area contributed by atoms with E-state index in [0.29, 0.717) is 39.3 Å². The van der Waals surface area contributed by atoms with E-state index in [1.54, 1.807) is 35.3 Å². The average molecular weight is 442 g/mol. The summed E-state index contributed by atoms with van der Waals surface area (Å²) in [5.41, 5.74) is 3.70. The molecule has 164 valence electrons. The number of hydrogen-bond acceptors (Lipinski definition) is 5. The Kier molecular flexibility index (Phi) is 6.13. The Balaban J connectivity index is 1.49. The van der Waals surface area contributed by atoms with Crippen LogP contribution in [0.3, 0.4) is 0 Å². The molecule has 2 aliphatic rings. The molecule has 1 saturated heterocycles. The molecular formula is C23H27N3O4S. The maximum atomic E-state index is 12.9. The molecule has 4 rings (SSSR count). The van der Waals surface area contributed by atoms with Crippen molar-refractivity contribution in [2.75, 3.05) is 56.7 Å². The zero-order chi connectivity index (χ0) is 22.0. The molecule has 1 fully saturated rings. The van der Waals surface area contributed by atoms with Gasteiger partial charge in [-0.25, -0.2) is 8.42 Å². The topological polar surface area (TPSA) is 70.2 Å². The van der Waals surface area contributed by atoms with E-state index in [2.05, 4.69) is 0 Å². The van der Waals surface area contributed by atoms with Gasteiger partial charge >= 0.3 is 0 Å². The van der Waals surface area contributed by atoms with Gasteiger partial charge in [0.1, 0.15) is 0 Å². The van der Waals surface area contributed by atoms with Gasteiger partial charge in [0, 0.05) is 51.2 Å². The fourth-order valence-corrected chi connectivity index (χ4v) is 5.30. The number of fused-ring (bicyclic) bond motifs is 1. The lowest BCUT2D eigenvalue weighted by molar-refractivity contribution is -0.114. The minimum absolute atomic E-state index is 0.112. The van der Waals surface area contributed by atoms with E-state index in [-0.39, 0.29) is 10.8 Å². The highest BCUT2D eigenvalue weighted by Gasteiger charge is 2.29. The van der Waals surface area contributed by atoms with Crippen molar-refractivity contribution in [2.24, 2.45) is 0 Å². The summed E-state index contributed by atoms with van der Waals surface area (Å²) in [5.74, 6) is -0.112. The SMILES string of the molecule is CN(C)c1ccc(/C=C/C(=O)N2CCc3cc(S(=O)(=O)N4CCOCC4)ccc32)cc1. The molecule has 0 aromatic heterocycles. The average Bonchev–Trinajstić information content (AvgIpc) is 3.22. The van der Waals surface area contributed by atoms with Gasteiger partial charge in [0.25, 0.3) is 5.91 Å². The second-order valence-electron chi connectivity index (χ2n) is 7.87. The molecule has 2 aromatic rings. The Morgan fingerprint density at radius 2 is 1.74 bits per heavy atom. The lowest BCUT2D eigenvalue weighted by atomic mass is 10.1. The second-order valence-corrected chi connectivity index (χ2v) is 9.80. The molecule has 0 atom stereocenters. The third kappa shape index (κ3) is 4.51. The Bertz CT molecular complexity index is 1090. The fraction of sp³-hybridized carbons (Fsp3) is 0.348. The molecular weight excluding hydrogens is 414 g/mol. The van der Waals surface area contributed by atoms with Gasteiger partial charge in [-0.2, -0.15) is 4.31 Å². The first-order valence-electron chi connectivity index (χ1n) is 10.3. The van der Waals surface area contributed by atoms with Gasteiger partial charge in [-0.3, -0.25) is 4.79 Å². The number of anilines is 2. The van der Waals surface area contributed by atoms with E-state index < -0.39 is 10.0 Å². The highest BCUT2D eigenvalue weighted by atomic mass is 32.2. The van der Waals surface area contributed by atoms with Gasteiger partial charge in [0.05, 0.1) is 18.1 Å². The molecule has 0 saturated carbocycles. The first-order valence-corrected chi connectivity index (χ1v) is 11.8. The van der Waals surface area contributed by atoms with Crippen molar-refractivity contribution in [2.45, 2.75) is 11.3 Å². The molecule has 0 radical (unpaired) electrons. The number of carbonyl (C=O) groups excluding carboxylic acids is 1. The monoisotopic (exact) mass is 441 g/mol. The van der Waals surface area contributed by atoms with Crippen LogP contribution in [0.25, 0.3) is 6.08 Å². The van der Waals surface area contributed by atoms with Crippen LogP contribution in [-0.2, 0) is 26.0 Å². The van der Waals surface area contributed by atoms with Gasteiger partial charge in [-0.1, -0.05) is 12.1 Å². The summed E-state index contributed by atoms with van der Waals surface area (Å²) in [6.07, 6.45) is 4.01. The highest BCUT2D eigenvalue weighted by Crippen LogP contribution is 2.31. The normalized spacial score (nSPS) is 17.2. The van der Waals surface area contributed by atoms with Crippen LogP contribution in [0.2, 0.25) is 0 Å². The Hall–Kier alpha value is -2.68. The van der Waals surface area contributed by atoms with Crippen LogP contribution in [-0.4, -0.2) is 65.6 Å². The van der Waals surface area contributed by atoms with Gasteiger partial charge in [0.2, 0.25) is 10.0 Å². The minimum Gasteiger partial charge on any atom is -0.379 e. The standard InChI is InChI=1S/C23H27N3O4S/c1-24(2)20-6-3-18(4-7-20)5-10-23(27)26-12-11-19-17-21(8-9-22(19)26)31(28,29)25-13-15-30-16-14-25/h3-10,17H,11-16H2,1-2H3/b10-5+. The van der Waals surface area contributed by atoms with Crippen LogP contribution in [0.5, 0.6) is 0 Å². The molecule has 0 unspecified atom stereocenters. The zero-order valence-corrected chi connectivity index (χ0v) is 18.6. The van der Waals surface area contributed by atoms with E-state index in [9.17, 15) is 13.2 Å². The van der Waals surface area contributed by atoms with Crippen LogP contribution >= 0.6 is 0 Å². The molecule has 7 nitrogen and oxygen atoms in total. The third-order valence-electron chi connectivity index (χ3n) is 5.65. The molecule has 1 amide bonds. The summed E-state index contributed by atoms with van der Waals surface area (Å²) < 4.78 is 32.5. The van der Waals surface area contributed by atoms with Crippen molar-refractivity contribution in [3.05, 3.63) is 59.7 Å². The lowest BCUT2D eigenvalue weighted by Crippen LogP contribution is -2.40. The van der Waals surface area contributed by atoms with Crippen LogP contribution in [0, 0.1) is 0 Å². The van der Waals surface area contributed by atoms with E-state index in [1.165, 1.54) is 4.31 Å². The number of hydrogen-bond donors (Lipinski definition) is 0. The van der Waals surface area contributed by atoms with Gasteiger partial charge in [-0.05, 0) is 54.0 Å². The smallest absolute Gasteiger partial charge is 0.251 e. The van der Waals surface area contributed by atoms with Crippen molar-refractivity contribution in [1.29, 1.82) is 0 Å². The molecule has 8 heteroatoms. The molecule has 0 spiro atoms. The highest BCUT2D eigenvalue weighted by molar-refractivity contribution is 7.89. The van der Waals surface area contributed by atoms with Crippen LogP contribution in [0.4, 0.5) is 11.4 Å². The van der Waals surface area contributed by atoms with Gasteiger partial charge in [0.15, 0.2) is 0 Å². The molecule has 2 aliphatic heterocycles. The van der Waals surface area contributed by atoms with E-state index >= 15 is 0 Å². The summed E-state index contributed by atoms with van der Waals surface area (Å²) >= 11 is 0. The van der Waals surface area contributed by atoms with E-state index in [1.807, 2.05) is 43.3 Å². The lowest BCUT2D eigenvalue weighted by Gasteiger charge is -2.26. The molecule has 0 bridgehead atoms. The van der Waals surface area contributed by atoms with Crippen LogP contribution in [0.1, 0.15) is 11.1 Å². The zero-order valence-electron chi connectivity index (χ0n) is 17.8. The van der Waals surface area contributed by atoms with Crippen molar-refractivity contribution >= 4 is 33.4 Å². The predicted octanol–water partition coefficient (Wildman–Crippen LogP) is 2.38. The van der Waals surface area contributed by atoms with Crippen LogP contribution < -0.4 is 9.80 Å². The first-order chi connectivity index (χ1) is 14.9. The van der Waals surface area contributed by atoms with Crippen LogP contribution in [0.15, 0.2) is 53.4 Å². The number of carbonyl (C=O) groups is 1. The maximum Gasteiger partial charge on any atom is 0.251 e. The minimum atomic E-state index is -3.54. The quantitative estimate of drug-likeness (QED) is 0.667.